The Morgan fingerprint density at radius 2 is 2.00 bits per heavy atom. The molecule has 1 aliphatic heterocycles. The van der Waals surface area contributed by atoms with Crippen LogP contribution in [0.4, 0.5) is 0 Å². The van der Waals surface area contributed by atoms with Gasteiger partial charge in [0.1, 0.15) is 29.8 Å². The second-order valence-electron chi connectivity index (χ2n) is 6.77. The summed E-state index contributed by atoms with van der Waals surface area (Å²) in [6.45, 7) is 9.65. The first-order valence-electron chi connectivity index (χ1n) is 8.32. The molecule has 0 radical (unpaired) electrons. The largest absolute Gasteiger partial charge is 0.478 e. The molecule has 1 aliphatic rings. The minimum absolute atomic E-state index is 0.296. The molecule has 0 spiro atoms. The quantitative estimate of drug-likeness (QED) is 0.664. The van der Waals surface area contributed by atoms with Crippen LogP contribution in [0.25, 0.3) is 0 Å². The topological polar surface area (TPSA) is 66.3 Å². The van der Waals surface area contributed by atoms with E-state index >= 15 is 0 Å². The second-order valence-corrected chi connectivity index (χ2v) is 7.59. The van der Waals surface area contributed by atoms with Crippen molar-refractivity contribution in [1.82, 2.24) is 0 Å². The van der Waals surface area contributed by atoms with Crippen LogP contribution in [0.15, 0.2) is 17.3 Å². The lowest BCUT2D eigenvalue weighted by Gasteiger charge is -2.23. The Bertz CT molecular complexity index is 700. The summed E-state index contributed by atoms with van der Waals surface area (Å²) in [5.41, 5.74) is 0.487. The van der Waals surface area contributed by atoms with E-state index in [1.807, 2.05) is 6.92 Å². The first-order chi connectivity index (χ1) is 12.1. The number of halogens is 2. The summed E-state index contributed by atoms with van der Waals surface area (Å²) in [4.78, 5) is 17.4. The molecule has 6 nitrogen and oxygen atoms in total. The smallest absolute Gasteiger partial charge is 0.347 e. The highest BCUT2D eigenvalue weighted by Gasteiger charge is 2.30. The summed E-state index contributed by atoms with van der Waals surface area (Å²) >= 11 is 12.3. The van der Waals surface area contributed by atoms with Crippen LogP contribution < -0.4 is 4.74 Å². The lowest BCUT2D eigenvalue weighted by molar-refractivity contribution is -0.162. The average Bonchev–Trinajstić information content (AvgIpc) is 2.97. The number of benzene rings is 1. The van der Waals surface area contributed by atoms with Gasteiger partial charge in [0.15, 0.2) is 6.10 Å². The maximum atomic E-state index is 12.2. The molecule has 1 aromatic carbocycles. The van der Waals surface area contributed by atoms with Crippen molar-refractivity contribution in [3.63, 3.8) is 0 Å². The number of carbonyl (C=O) groups is 1. The van der Waals surface area contributed by atoms with Gasteiger partial charge in [-0.25, -0.2) is 4.79 Å². The summed E-state index contributed by atoms with van der Waals surface area (Å²) in [6, 6.07) is 3.17. The van der Waals surface area contributed by atoms with Crippen LogP contribution in [-0.2, 0) is 19.1 Å². The summed E-state index contributed by atoms with van der Waals surface area (Å²) in [5.74, 6) is -0.132. The number of rotatable bonds is 6. The summed E-state index contributed by atoms with van der Waals surface area (Å²) in [6.07, 6.45) is -1.20. The molecule has 0 saturated carbocycles. The standard InChI is InChI=1S/C18H23Cl2NO5/c1-6-23-15-9-24-21-16(15)11-7-12(19)13(20)8-14(11)25-10(2)17(22)26-18(3,4)5/h7-8,10,15H,6,9H2,1-5H3/t10-,15+/m0/s1. The second kappa shape index (κ2) is 8.46. The summed E-state index contributed by atoms with van der Waals surface area (Å²) in [7, 11) is 0. The molecule has 0 fully saturated rings. The summed E-state index contributed by atoms with van der Waals surface area (Å²) < 4.78 is 16.8. The SMILES string of the molecule is CCO[C@@H]1CON=C1c1cc(Cl)c(Cl)cc1O[C@@H](C)C(=O)OC(C)(C)C. The Labute approximate surface area is 163 Å². The Morgan fingerprint density at radius 3 is 2.62 bits per heavy atom. The van der Waals surface area contributed by atoms with Crippen LogP contribution in [0, 0.1) is 0 Å². The fourth-order valence-electron chi connectivity index (χ4n) is 2.31. The van der Waals surface area contributed by atoms with Gasteiger partial charge in [-0.3, -0.25) is 0 Å². The van der Waals surface area contributed by atoms with Crippen molar-refractivity contribution in [2.75, 3.05) is 13.2 Å². The van der Waals surface area contributed by atoms with Gasteiger partial charge in [0.25, 0.3) is 0 Å². The van der Waals surface area contributed by atoms with E-state index in [1.54, 1.807) is 39.8 Å². The highest BCUT2D eigenvalue weighted by Crippen LogP contribution is 2.34. The zero-order chi connectivity index (χ0) is 19.5. The molecular weight excluding hydrogens is 381 g/mol. The number of hydrogen-bond donors (Lipinski definition) is 0. The maximum absolute atomic E-state index is 12.2. The van der Waals surface area contributed by atoms with E-state index < -0.39 is 17.7 Å². The minimum Gasteiger partial charge on any atom is -0.478 e. The van der Waals surface area contributed by atoms with Crippen molar-refractivity contribution >= 4 is 34.9 Å². The summed E-state index contributed by atoms with van der Waals surface area (Å²) in [5, 5.41) is 4.68. The fourth-order valence-corrected chi connectivity index (χ4v) is 2.63. The molecule has 8 heteroatoms. The zero-order valence-electron chi connectivity index (χ0n) is 15.5. The van der Waals surface area contributed by atoms with E-state index in [1.165, 1.54) is 0 Å². The molecule has 0 aromatic heterocycles. The Kier molecular flexibility index (Phi) is 6.77. The third-order valence-corrected chi connectivity index (χ3v) is 4.12. The zero-order valence-corrected chi connectivity index (χ0v) is 17.0. The number of ether oxygens (including phenoxy) is 3. The van der Waals surface area contributed by atoms with E-state index in [0.717, 1.165) is 0 Å². The Morgan fingerprint density at radius 1 is 1.35 bits per heavy atom. The average molecular weight is 404 g/mol. The van der Waals surface area contributed by atoms with Crippen molar-refractivity contribution < 1.29 is 23.8 Å². The van der Waals surface area contributed by atoms with Crippen molar-refractivity contribution in [1.29, 1.82) is 0 Å². The predicted octanol–water partition coefficient (Wildman–Crippen LogP) is 4.24. The fraction of sp³-hybridized carbons (Fsp3) is 0.556. The Hall–Kier alpha value is -1.50. The van der Waals surface area contributed by atoms with Crippen LogP contribution in [0.2, 0.25) is 10.0 Å². The van der Waals surface area contributed by atoms with Gasteiger partial charge in [-0.2, -0.15) is 0 Å². The third kappa shape index (κ3) is 5.25. The van der Waals surface area contributed by atoms with Crippen LogP contribution in [0.3, 0.4) is 0 Å². The van der Waals surface area contributed by atoms with Gasteiger partial charge in [0, 0.05) is 18.2 Å². The van der Waals surface area contributed by atoms with Gasteiger partial charge in [0.05, 0.1) is 10.0 Å². The Balaban J connectivity index is 2.30. The van der Waals surface area contributed by atoms with Gasteiger partial charge in [-0.1, -0.05) is 28.4 Å². The van der Waals surface area contributed by atoms with Crippen molar-refractivity contribution in [2.24, 2.45) is 5.16 Å². The highest BCUT2D eigenvalue weighted by molar-refractivity contribution is 6.42. The molecule has 1 aromatic rings. The number of oxime groups is 1. The monoisotopic (exact) mass is 403 g/mol. The molecule has 1 heterocycles. The van der Waals surface area contributed by atoms with Gasteiger partial charge >= 0.3 is 5.97 Å². The number of carbonyl (C=O) groups excluding carboxylic acids is 1. The lowest BCUT2D eigenvalue weighted by atomic mass is 10.0. The van der Waals surface area contributed by atoms with Gasteiger partial charge in [0.2, 0.25) is 0 Å². The normalized spacial score (nSPS) is 18.1. The highest BCUT2D eigenvalue weighted by atomic mass is 35.5. The third-order valence-electron chi connectivity index (χ3n) is 3.40. The van der Waals surface area contributed by atoms with Gasteiger partial charge in [-0.05, 0) is 40.7 Å². The van der Waals surface area contributed by atoms with E-state index in [4.69, 9.17) is 42.3 Å². The first-order valence-corrected chi connectivity index (χ1v) is 9.08. The van der Waals surface area contributed by atoms with E-state index in [9.17, 15) is 4.79 Å². The maximum Gasteiger partial charge on any atom is 0.347 e. The molecule has 0 N–H and O–H groups in total. The molecule has 0 unspecified atom stereocenters. The molecule has 0 saturated heterocycles. The molecule has 26 heavy (non-hydrogen) atoms. The minimum atomic E-state index is -0.848. The van der Waals surface area contributed by atoms with Crippen LogP contribution in [-0.4, -0.2) is 42.7 Å². The van der Waals surface area contributed by atoms with Crippen molar-refractivity contribution in [3.8, 4) is 5.75 Å². The molecule has 0 aliphatic carbocycles. The number of hydrogen-bond acceptors (Lipinski definition) is 6. The molecule has 2 rings (SSSR count). The first kappa shape index (κ1) is 20.8. The van der Waals surface area contributed by atoms with E-state index in [0.29, 0.717) is 40.3 Å². The van der Waals surface area contributed by atoms with Crippen LogP contribution in [0.5, 0.6) is 5.75 Å². The van der Waals surface area contributed by atoms with Crippen molar-refractivity contribution in [2.45, 2.75) is 52.4 Å². The number of esters is 1. The molecule has 144 valence electrons. The van der Waals surface area contributed by atoms with Crippen LogP contribution in [0.1, 0.15) is 40.2 Å². The molecule has 0 amide bonds. The molecule has 2 atom stereocenters. The van der Waals surface area contributed by atoms with Crippen LogP contribution >= 0.6 is 23.2 Å². The number of nitrogens with zero attached hydrogens (tertiary/aromatic N) is 1. The molecular formula is C18H23Cl2NO5. The van der Waals surface area contributed by atoms with Gasteiger partial charge < -0.3 is 19.0 Å². The van der Waals surface area contributed by atoms with E-state index in [2.05, 4.69) is 5.16 Å². The van der Waals surface area contributed by atoms with E-state index in [-0.39, 0.29) is 6.10 Å². The van der Waals surface area contributed by atoms with Crippen molar-refractivity contribution in [3.05, 3.63) is 27.7 Å². The van der Waals surface area contributed by atoms with Gasteiger partial charge in [-0.15, -0.1) is 0 Å². The predicted molar refractivity (Wildman–Crippen MR) is 100 cm³/mol. The molecule has 0 bridgehead atoms. The lowest BCUT2D eigenvalue weighted by Crippen LogP contribution is -2.34.